The lowest BCUT2D eigenvalue weighted by molar-refractivity contribution is -0.116. The lowest BCUT2D eigenvalue weighted by Crippen LogP contribution is -2.27. The van der Waals surface area contributed by atoms with Crippen molar-refractivity contribution in [3.05, 3.63) is 11.6 Å². The normalized spacial score (nSPS) is 15.5. The molecular formula is C9H11N3O2S2. The van der Waals surface area contributed by atoms with Crippen molar-refractivity contribution in [2.45, 2.75) is 6.42 Å². The lowest BCUT2D eigenvalue weighted by Gasteiger charge is -2.13. The molecule has 1 N–H and O–H groups in total. The summed E-state index contributed by atoms with van der Waals surface area (Å²) < 4.78 is 0. The highest BCUT2D eigenvalue weighted by atomic mass is 32.2. The molecular weight excluding hydrogens is 246 g/mol. The number of anilines is 1. The third-order valence-electron chi connectivity index (χ3n) is 2.13. The van der Waals surface area contributed by atoms with E-state index in [1.165, 1.54) is 23.1 Å². The third-order valence-corrected chi connectivity index (χ3v) is 3.71. The number of nitrogens with one attached hydrogen (secondary N) is 1. The first-order valence-electron chi connectivity index (χ1n) is 4.87. The predicted octanol–water partition coefficient (Wildman–Crippen LogP) is 1.64. The molecule has 7 heteroatoms. The smallest absolute Gasteiger partial charge is 0.281 e. The number of hydrogen-bond acceptors (Lipinski definition) is 5. The van der Waals surface area contributed by atoms with Gasteiger partial charge in [0.05, 0.1) is 0 Å². The van der Waals surface area contributed by atoms with E-state index in [1.807, 2.05) is 0 Å². The zero-order valence-electron chi connectivity index (χ0n) is 8.51. The average molecular weight is 257 g/mol. The second kappa shape index (κ2) is 5.31. The minimum absolute atomic E-state index is 0.0713. The Hall–Kier alpha value is -1.08. The molecule has 1 aromatic rings. The monoisotopic (exact) mass is 257 g/mol. The molecule has 2 amide bonds. The number of thioether (sulfide) groups is 1. The molecule has 1 saturated heterocycles. The van der Waals surface area contributed by atoms with Crippen molar-refractivity contribution in [3.8, 4) is 0 Å². The van der Waals surface area contributed by atoms with Crippen LogP contribution >= 0.6 is 23.1 Å². The van der Waals surface area contributed by atoms with Gasteiger partial charge in [-0.3, -0.25) is 9.59 Å². The highest BCUT2D eigenvalue weighted by Crippen LogP contribution is 2.17. The molecule has 0 saturated carbocycles. The van der Waals surface area contributed by atoms with E-state index in [9.17, 15) is 9.59 Å². The molecule has 0 bridgehead atoms. The van der Waals surface area contributed by atoms with Crippen LogP contribution in [0.5, 0.6) is 0 Å². The molecule has 1 aliphatic heterocycles. The minimum atomic E-state index is -0.0975. The van der Waals surface area contributed by atoms with Crippen molar-refractivity contribution in [2.24, 2.45) is 0 Å². The summed E-state index contributed by atoms with van der Waals surface area (Å²) in [5.41, 5.74) is 0. The Morgan fingerprint density at radius 2 is 2.50 bits per heavy atom. The SMILES string of the molecule is O=C(CCN1CCSC1=O)Nc1nccs1. The molecule has 5 nitrogen and oxygen atoms in total. The van der Waals surface area contributed by atoms with Gasteiger partial charge in [0.15, 0.2) is 5.13 Å². The molecule has 2 heterocycles. The first kappa shape index (κ1) is 11.4. The molecule has 0 spiro atoms. The summed E-state index contributed by atoms with van der Waals surface area (Å²) in [6, 6.07) is 0. The molecule has 0 atom stereocenters. The summed E-state index contributed by atoms with van der Waals surface area (Å²) in [7, 11) is 0. The van der Waals surface area contributed by atoms with Gasteiger partial charge in [0.25, 0.3) is 5.24 Å². The molecule has 0 radical (unpaired) electrons. The number of thiazole rings is 1. The predicted molar refractivity (Wildman–Crippen MR) is 64.8 cm³/mol. The first-order valence-corrected chi connectivity index (χ1v) is 6.73. The van der Waals surface area contributed by atoms with E-state index in [0.717, 1.165) is 12.3 Å². The molecule has 0 aromatic carbocycles. The molecule has 0 aliphatic carbocycles. The van der Waals surface area contributed by atoms with Crippen molar-refractivity contribution in [1.29, 1.82) is 0 Å². The molecule has 1 aliphatic rings. The van der Waals surface area contributed by atoms with Crippen molar-refractivity contribution < 1.29 is 9.59 Å². The van der Waals surface area contributed by atoms with Crippen LogP contribution in [0.15, 0.2) is 11.6 Å². The Labute approximate surface area is 101 Å². The maximum Gasteiger partial charge on any atom is 0.281 e. The van der Waals surface area contributed by atoms with Crippen molar-refractivity contribution in [1.82, 2.24) is 9.88 Å². The zero-order valence-corrected chi connectivity index (χ0v) is 10.1. The summed E-state index contributed by atoms with van der Waals surface area (Å²) in [5.74, 6) is 0.729. The van der Waals surface area contributed by atoms with E-state index in [0.29, 0.717) is 18.1 Å². The molecule has 1 aromatic heterocycles. The van der Waals surface area contributed by atoms with Crippen LogP contribution in [-0.2, 0) is 4.79 Å². The quantitative estimate of drug-likeness (QED) is 0.890. The molecule has 0 unspecified atom stereocenters. The topological polar surface area (TPSA) is 62.3 Å². The summed E-state index contributed by atoms with van der Waals surface area (Å²) in [4.78, 5) is 28.4. The number of rotatable bonds is 4. The van der Waals surface area contributed by atoms with E-state index in [-0.39, 0.29) is 11.1 Å². The molecule has 2 rings (SSSR count). The van der Waals surface area contributed by atoms with Crippen molar-refractivity contribution in [2.75, 3.05) is 24.2 Å². The summed E-state index contributed by atoms with van der Waals surface area (Å²) >= 11 is 2.69. The number of nitrogens with zero attached hydrogens (tertiary/aromatic N) is 2. The van der Waals surface area contributed by atoms with Gasteiger partial charge in [-0.05, 0) is 0 Å². The first-order chi connectivity index (χ1) is 7.75. The lowest BCUT2D eigenvalue weighted by atomic mass is 10.4. The van der Waals surface area contributed by atoms with Gasteiger partial charge in [0.1, 0.15) is 0 Å². The van der Waals surface area contributed by atoms with E-state index < -0.39 is 0 Å². The number of hydrogen-bond donors (Lipinski definition) is 1. The second-order valence-corrected chi connectivity index (χ2v) is 5.18. The van der Waals surface area contributed by atoms with Crippen LogP contribution in [0.4, 0.5) is 9.93 Å². The average Bonchev–Trinajstić information content (AvgIpc) is 2.87. The van der Waals surface area contributed by atoms with E-state index in [2.05, 4.69) is 10.3 Å². The van der Waals surface area contributed by atoms with Gasteiger partial charge < -0.3 is 10.2 Å². The number of carbonyl (C=O) groups excluding carboxylic acids is 2. The van der Waals surface area contributed by atoms with Gasteiger partial charge >= 0.3 is 0 Å². The number of aromatic nitrogens is 1. The molecule has 1 fully saturated rings. The van der Waals surface area contributed by atoms with Gasteiger partial charge in [0, 0.05) is 36.8 Å². The fourth-order valence-electron chi connectivity index (χ4n) is 1.33. The second-order valence-electron chi connectivity index (χ2n) is 3.24. The highest BCUT2D eigenvalue weighted by molar-refractivity contribution is 8.13. The highest BCUT2D eigenvalue weighted by Gasteiger charge is 2.21. The van der Waals surface area contributed by atoms with E-state index in [1.54, 1.807) is 16.5 Å². The summed E-state index contributed by atoms with van der Waals surface area (Å²) in [6.07, 6.45) is 1.97. The molecule has 86 valence electrons. The van der Waals surface area contributed by atoms with Crippen LogP contribution in [0.1, 0.15) is 6.42 Å². The maximum absolute atomic E-state index is 11.5. The van der Waals surface area contributed by atoms with Gasteiger partial charge in [0.2, 0.25) is 5.91 Å². The molecule has 16 heavy (non-hydrogen) atoms. The van der Waals surface area contributed by atoms with E-state index >= 15 is 0 Å². The van der Waals surface area contributed by atoms with Crippen LogP contribution in [0.3, 0.4) is 0 Å². The fourth-order valence-corrected chi connectivity index (χ4v) is 2.73. The van der Waals surface area contributed by atoms with Crippen LogP contribution < -0.4 is 5.32 Å². The largest absolute Gasteiger partial charge is 0.332 e. The number of carbonyl (C=O) groups is 2. The summed E-state index contributed by atoms with van der Waals surface area (Å²) in [5, 5.41) is 5.16. The van der Waals surface area contributed by atoms with Crippen LogP contribution in [-0.4, -0.2) is 39.9 Å². The van der Waals surface area contributed by atoms with Gasteiger partial charge in [-0.25, -0.2) is 4.98 Å². The van der Waals surface area contributed by atoms with E-state index in [4.69, 9.17) is 0 Å². The maximum atomic E-state index is 11.5. The standard InChI is InChI=1S/C9H11N3O2S2/c13-7(11-8-10-2-5-15-8)1-3-12-4-6-16-9(12)14/h2,5H,1,3-4,6H2,(H,10,11,13). The Morgan fingerprint density at radius 1 is 1.62 bits per heavy atom. The number of amides is 2. The van der Waals surface area contributed by atoms with Gasteiger partial charge in [-0.1, -0.05) is 11.8 Å². The van der Waals surface area contributed by atoms with Crippen LogP contribution in [0, 0.1) is 0 Å². The van der Waals surface area contributed by atoms with Gasteiger partial charge in [-0.2, -0.15) is 0 Å². The minimum Gasteiger partial charge on any atom is -0.332 e. The Morgan fingerprint density at radius 3 is 3.12 bits per heavy atom. The zero-order chi connectivity index (χ0) is 11.4. The van der Waals surface area contributed by atoms with Crippen molar-refractivity contribution in [3.63, 3.8) is 0 Å². The Kier molecular flexibility index (Phi) is 3.79. The third kappa shape index (κ3) is 2.96. The Bertz CT molecular complexity index is 380. The van der Waals surface area contributed by atoms with Gasteiger partial charge in [-0.15, -0.1) is 11.3 Å². The Balaban J connectivity index is 1.73. The van der Waals surface area contributed by atoms with Crippen molar-refractivity contribution >= 4 is 39.4 Å². The van der Waals surface area contributed by atoms with Crippen LogP contribution in [0.25, 0.3) is 0 Å². The summed E-state index contributed by atoms with van der Waals surface area (Å²) in [6.45, 7) is 1.23. The van der Waals surface area contributed by atoms with Crippen LogP contribution in [0.2, 0.25) is 0 Å². The fraction of sp³-hybridized carbons (Fsp3) is 0.444.